The molecule has 0 bridgehead atoms. The SMILES string of the molecule is CCOC(C)=O.O=C(NC=N/C(=C\S)c1ccccc1)c1ccccc1. The molecular weight excluding hydrogens is 348 g/mol. The Balaban J connectivity index is 0.000000487. The van der Waals surface area contributed by atoms with Crippen molar-refractivity contribution in [2.45, 2.75) is 13.8 Å². The van der Waals surface area contributed by atoms with E-state index >= 15 is 0 Å². The summed E-state index contributed by atoms with van der Waals surface area (Å²) < 4.78 is 4.40. The molecule has 0 aliphatic rings. The summed E-state index contributed by atoms with van der Waals surface area (Å²) in [5, 5.41) is 4.23. The zero-order valence-electron chi connectivity index (χ0n) is 14.8. The minimum atomic E-state index is -0.211. The Hall–Kier alpha value is -2.86. The van der Waals surface area contributed by atoms with Gasteiger partial charge >= 0.3 is 5.97 Å². The predicted octanol–water partition coefficient (Wildman–Crippen LogP) is 3.94. The number of hydrogen-bond donors (Lipinski definition) is 2. The lowest BCUT2D eigenvalue weighted by molar-refractivity contribution is -0.140. The van der Waals surface area contributed by atoms with Gasteiger partial charge in [0.15, 0.2) is 0 Å². The van der Waals surface area contributed by atoms with Crippen molar-refractivity contribution in [1.29, 1.82) is 0 Å². The van der Waals surface area contributed by atoms with Crippen LogP contribution in [0.25, 0.3) is 5.70 Å². The number of thiol groups is 1. The second-order valence-corrected chi connectivity index (χ2v) is 5.16. The van der Waals surface area contributed by atoms with Crippen LogP contribution in [-0.2, 0) is 9.53 Å². The van der Waals surface area contributed by atoms with Gasteiger partial charge in [-0.25, -0.2) is 4.99 Å². The van der Waals surface area contributed by atoms with Crippen LogP contribution in [0.15, 0.2) is 71.1 Å². The summed E-state index contributed by atoms with van der Waals surface area (Å²) in [5.41, 5.74) is 2.21. The Morgan fingerprint density at radius 2 is 1.58 bits per heavy atom. The third-order valence-corrected chi connectivity index (χ3v) is 3.22. The molecule has 1 N–H and O–H groups in total. The third-order valence-electron chi connectivity index (χ3n) is 2.97. The highest BCUT2D eigenvalue weighted by atomic mass is 32.1. The number of carbonyl (C=O) groups is 2. The highest BCUT2D eigenvalue weighted by Crippen LogP contribution is 2.15. The fourth-order valence-electron chi connectivity index (χ4n) is 1.83. The quantitative estimate of drug-likeness (QED) is 0.362. The van der Waals surface area contributed by atoms with Gasteiger partial charge in [-0.2, -0.15) is 0 Å². The number of aliphatic imine (C=N–C) groups is 1. The van der Waals surface area contributed by atoms with E-state index in [-0.39, 0.29) is 11.9 Å². The number of benzene rings is 2. The number of ether oxygens (including phenoxy) is 1. The van der Waals surface area contributed by atoms with Crippen molar-refractivity contribution in [3.8, 4) is 0 Å². The number of amides is 1. The van der Waals surface area contributed by atoms with Gasteiger partial charge in [-0.05, 0) is 24.5 Å². The molecule has 2 aromatic carbocycles. The Kier molecular flexibility index (Phi) is 10.2. The smallest absolute Gasteiger partial charge is 0.302 e. The molecule has 0 spiro atoms. The molecule has 0 saturated heterocycles. The van der Waals surface area contributed by atoms with E-state index < -0.39 is 0 Å². The first-order chi connectivity index (χ1) is 12.6. The first-order valence-electron chi connectivity index (χ1n) is 8.00. The zero-order valence-corrected chi connectivity index (χ0v) is 15.6. The zero-order chi connectivity index (χ0) is 19.2. The van der Waals surface area contributed by atoms with Gasteiger partial charge in [0.2, 0.25) is 0 Å². The van der Waals surface area contributed by atoms with Crippen molar-refractivity contribution in [2.75, 3.05) is 6.61 Å². The van der Waals surface area contributed by atoms with Gasteiger partial charge in [0.05, 0.1) is 18.6 Å². The maximum Gasteiger partial charge on any atom is 0.302 e. The number of esters is 1. The fraction of sp³-hybridized carbons (Fsp3) is 0.150. The van der Waals surface area contributed by atoms with Crippen LogP contribution in [0, 0.1) is 0 Å². The van der Waals surface area contributed by atoms with Gasteiger partial charge in [0, 0.05) is 18.1 Å². The van der Waals surface area contributed by atoms with Gasteiger partial charge in [-0.3, -0.25) is 9.59 Å². The molecule has 0 fully saturated rings. The maximum absolute atomic E-state index is 11.8. The number of nitrogens with one attached hydrogen (secondary N) is 1. The van der Waals surface area contributed by atoms with Gasteiger partial charge in [-0.1, -0.05) is 48.5 Å². The minimum Gasteiger partial charge on any atom is -0.466 e. The normalized spacial score (nSPS) is 10.7. The molecule has 0 aliphatic carbocycles. The molecule has 1 amide bonds. The van der Waals surface area contributed by atoms with E-state index in [0.717, 1.165) is 5.56 Å². The molecule has 2 aromatic rings. The van der Waals surface area contributed by atoms with Crippen molar-refractivity contribution < 1.29 is 14.3 Å². The van der Waals surface area contributed by atoms with Crippen LogP contribution in [0.1, 0.15) is 29.8 Å². The summed E-state index contributed by atoms with van der Waals surface area (Å²) >= 11 is 4.13. The standard InChI is InChI=1S/C16H14N2OS.C4H8O2/c19-16(14-9-5-2-6-10-14)18-12-17-15(11-20)13-7-3-1-4-8-13;1-3-6-4(2)5/h1-12,20H,(H,17,18,19);3H2,1-2H3/b15-11-;. The highest BCUT2D eigenvalue weighted by molar-refractivity contribution is 7.83. The van der Waals surface area contributed by atoms with Crippen LogP contribution in [0.3, 0.4) is 0 Å². The van der Waals surface area contributed by atoms with E-state index in [9.17, 15) is 9.59 Å². The first-order valence-corrected chi connectivity index (χ1v) is 8.51. The highest BCUT2D eigenvalue weighted by Gasteiger charge is 2.01. The van der Waals surface area contributed by atoms with E-state index in [1.807, 2.05) is 48.5 Å². The average molecular weight is 370 g/mol. The summed E-state index contributed by atoms with van der Waals surface area (Å²) in [6, 6.07) is 18.6. The van der Waals surface area contributed by atoms with Crippen LogP contribution in [0.4, 0.5) is 0 Å². The second-order valence-electron chi connectivity index (χ2n) is 4.90. The number of carbonyl (C=O) groups excluding carboxylic acids is 2. The van der Waals surface area contributed by atoms with Crippen LogP contribution >= 0.6 is 12.6 Å². The van der Waals surface area contributed by atoms with Gasteiger partial charge in [0.25, 0.3) is 5.91 Å². The monoisotopic (exact) mass is 370 g/mol. The molecule has 26 heavy (non-hydrogen) atoms. The minimum absolute atomic E-state index is 0.194. The summed E-state index contributed by atoms with van der Waals surface area (Å²) in [6.07, 6.45) is 1.38. The first kappa shape index (κ1) is 21.2. The molecule has 0 atom stereocenters. The molecule has 0 aliphatic heterocycles. The van der Waals surface area contributed by atoms with Crippen molar-refractivity contribution in [1.82, 2.24) is 5.32 Å². The number of hydrogen-bond acceptors (Lipinski definition) is 5. The lowest BCUT2D eigenvalue weighted by atomic mass is 10.2. The molecule has 0 heterocycles. The van der Waals surface area contributed by atoms with Gasteiger partial charge in [0.1, 0.15) is 0 Å². The molecule has 0 aromatic heterocycles. The summed E-state index contributed by atoms with van der Waals surface area (Å²) in [7, 11) is 0. The van der Waals surface area contributed by atoms with Crippen molar-refractivity contribution in [2.24, 2.45) is 4.99 Å². The fourth-order valence-corrected chi connectivity index (χ4v) is 2.04. The third kappa shape index (κ3) is 8.30. The molecule has 2 rings (SSSR count). The number of nitrogens with zero attached hydrogens (tertiary/aromatic N) is 1. The molecule has 0 saturated carbocycles. The Morgan fingerprint density at radius 1 is 1.04 bits per heavy atom. The van der Waals surface area contributed by atoms with Gasteiger partial charge < -0.3 is 10.1 Å². The van der Waals surface area contributed by atoms with E-state index in [0.29, 0.717) is 17.9 Å². The van der Waals surface area contributed by atoms with E-state index in [1.54, 1.807) is 24.5 Å². The van der Waals surface area contributed by atoms with Crippen LogP contribution < -0.4 is 5.32 Å². The van der Waals surface area contributed by atoms with E-state index in [1.165, 1.54) is 13.3 Å². The summed E-state index contributed by atoms with van der Waals surface area (Å²) in [4.78, 5) is 25.8. The molecule has 0 unspecified atom stereocenters. The average Bonchev–Trinajstić information content (AvgIpc) is 2.67. The molecule has 6 heteroatoms. The summed E-state index contributed by atoms with van der Waals surface area (Å²) in [6.45, 7) is 3.65. The molecule has 0 radical (unpaired) electrons. The maximum atomic E-state index is 11.8. The largest absolute Gasteiger partial charge is 0.466 e. The lowest BCUT2D eigenvalue weighted by Crippen LogP contribution is -2.21. The van der Waals surface area contributed by atoms with Crippen LogP contribution in [-0.4, -0.2) is 24.8 Å². The van der Waals surface area contributed by atoms with Crippen LogP contribution in [0.5, 0.6) is 0 Å². The van der Waals surface area contributed by atoms with Crippen molar-refractivity contribution >= 4 is 36.5 Å². The Labute approximate surface area is 159 Å². The molecule has 5 nitrogen and oxygen atoms in total. The van der Waals surface area contributed by atoms with Gasteiger partial charge in [-0.15, -0.1) is 12.6 Å². The topological polar surface area (TPSA) is 67.8 Å². The lowest BCUT2D eigenvalue weighted by Gasteiger charge is -2.01. The predicted molar refractivity (Wildman–Crippen MR) is 108 cm³/mol. The van der Waals surface area contributed by atoms with Crippen molar-refractivity contribution in [3.63, 3.8) is 0 Å². The number of rotatable bonds is 5. The Morgan fingerprint density at radius 3 is 2.00 bits per heavy atom. The molecule has 136 valence electrons. The second kappa shape index (κ2) is 12.5. The van der Waals surface area contributed by atoms with Crippen molar-refractivity contribution in [3.05, 3.63) is 77.2 Å². The summed E-state index contributed by atoms with van der Waals surface area (Å²) in [5.74, 6) is -0.404. The Bertz CT molecular complexity index is 744. The van der Waals surface area contributed by atoms with E-state index in [4.69, 9.17) is 0 Å². The molecular formula is C20H22N2O3S. The van der Waals surface area contributed by atoms with Crippen LogP contribution in [0.2, 0.25) is 0 Å². The van der Waals surface area contributed by atoms with E-state index in [2.05, 4.69) is 27.7 Å².